The molecule has 116 valence electrons. The summed E-state index contributed by atoms with van der Waals surface area (Å²) in [4.78, 5) is 10.7. The molecule has 0 aliphatic rings. The maximum atomic E-state index is 10.7. The maximum absolute atomic E-state index is 10.7. The van der Waals surface area contributed by atoms with Gasteiger partial charge in [0.15, 0.2) is 11.5 Å². The number of aryl methyl sites for hydroxylation is 2. The van der Waals surface area contributed by atoms with Crippen molar-refractivity contribution in [1.29, 1.82) is 0 Å². The van der Waals surface area contributed by atoms with Crippen molar-refractivity contribution in [3.05, 3.63) is 53.1 Å². The third-order valence-corrected chi connectivity index (χ3v) is 3.41. The van der Waals surface area contributed by atoms with Crippen molar-refractivity contribution in [2.45, 2.75) is 13.8 Å². The van der Waals surface area contributed by atoms with Gasteiger partial charge in [0.05, 0.1) is 7.11 Å². The van der Waals surface area contributed by atoms with E-state index in [9.17, 15) is 4.79 Å². The summed E-state index contributed by atoms with van der Waals surface area (Å²) in [6.07, 6.45) is 0.773. The smallest absolute Gasteiger partial charge is 0.161 e. The van der Waals surface area contributed by atoms with Gasteiger partial charge in [0.2, 0.25) is 0 Å². The summed E-state index contributed by atoms with van der Waals surface area (Å²) in [6, 6.07) is 11.0. The minimum Gasteiger partial charge on any atom is -0.493 e. The molecule has 0 fully saturated rings. The predicted molar refractivity (Wildman–Crippen MR) is 85.3 cm³/mol. The van der Waals surface area contributed by atoms with Gasteiger partial charge in [-0.2, -0.15) is 0 Å². The molecule has 0 atom stereocenters. The highest BCUT2D eigenvalue weighted by molar-refractivity contribution is 5.76. The van der Waals surface area contributed by atoms with E-state index < -0.39 is 0 Å². The summed E-state index contributed by atoms with van der Waals surface area (Å²) in [5, 5.41) is 0. The quantitative estimate of drug-likeness (QED) is 0.579. The van der Waals surface area contributed by atoms with Gasteiger partial charge in [-0.05, 0) is 55.3 Å². The van der Waals surface area contributed by atoms with Crippen molar-refractivity contribution in [2.75, 3.05) is 20.3 Å². The number of methoxy groups -OCH3 is 1. The Morgan fingerprint density at radius 1 is 0.909 bits per heavy atom. The van der Waals surface area contributed by atoms with Crippen molar-refractivity contribution in [3.63, 3.8) is 0 Å². The standard InChI is InChI=1S/C18H20O4/c1-13-4-6-16(10-14(13)2)21-8-9-22-17-7-5-15(12-19)11-18(17)20-3/h4-7,10-12H,8-9H2,1-3H3. The van der Waals surface area contributed by atoms with Crippen molar-refractivity contribution in [3.8, 4) is 17.2 Å². The van der Waals surface area contributed by atoms with Gasteiger partial charge in [-0.1, -0.05) is 6.07 Å². The van der Waals surface area contributed by atoms with Gasteiger partial charge < -0.3 is 14.2 Å². The van der Waals surface area contributed by atoms with E-state index in [1.807, 2.05) is 18.2 Å². The highest BCUT2D eigenvalue weighted by atomic mass is 16.5. The van der Waals surface area contributed by atoms with E-state index in [0.717, 1.165) is 12.0 Å². The van der Waals surface area contributed by atoms with Gasteiger partial charge in [0.25, 0.3) is 0 Å². The molecule has 2 aromatic rings. The fourth-order valence-corrected chi connectivity index (χ4v) is 1.99. The Kier molecular flexibility index (Phi) is 5.42. The number of carbonyl (C=O) groups excluding carboxylic acids is 1. The Hall–Kier alpha value is -2.49. The Morgan fingerprint density at radius 2 is 1.68 bits per heavy atom. The van der Waals surface area contributed by atoms with Gasteiger partial charge in [0.1, 0.15) is 25.2 Å². The maximum Gasteiger partial charge on any atom is 0.161 e. The number of ether oxygens (including phenoxy) is 3. The lowest BCUT2D eigenvalue weighted by atomic mass is 10.1. The molecule has 0 amide bonds. The lowest BCUT2D eigenvalue weighted by Crippen LogP contribution is -2.09. The third-order valence-electron chi connectivity index (χ3n) is 3.41. The molecule has 0 spiro atoms. The fraction of sp³-hybridized carbons (Fsp3) is 0.278. The zero-order chi connectivity index (χ0) is 15.9. The number of hydrogen-bond acceptors (Lipinski definition) is 4. The molecule has 0 heterocycles. The first-order valence-electron chi connectivity index (χ1n) is 7.10. The van der Waals surface area contributed by atoms with Crippen LogP contribution in [0.2, 0.25) is 0 Å². The van der Waals surface area contributed by atoms with E-state index >= 15 is 0 Å². The summed E-state index contributed by atoms with van der Waals surface area (Å²) >= 11 is 0. The van der Waals surface area contributed by atoms with Crippen molar-refractivity contribution < 1.29 is 19.0 Å². The molecular formula is C18H20O4. The van der Waals surface area contributed by atoms with E-state index in [0.29, 0.717) is 30.3 Å². The molecule has 4 heteroatoms. The first-order chi connectivity index (χ1) is 10.6. The van der Waals surface area contributed by atoms with Crippen molar-refractivity contribution in [2.24, 2.45) is 0 Å². The van der Waals surface area contributed by atoms with Crippen LogP contribution in [0, 0.1) is 13.8 Å². The zero-order valence-corrected chi connectivity index (χ0v) is 13.1. The highest BCUT2D eigenvalue weighted by Crippen LogP contribution is 2.27. The molecule has 0 aliphatic carbocycles. The normalized spacial score (nSPS) is 10.1. The molecule has 0 N–H and O–H groups in total. The van der Waals surface area contributed by atoms with Crippen LogP contribution < -0.4 is 14.2 Å². The van der Waals surface area contributed by atoms with Crippen LogP contribution in [0.3, 0.4) is 0 Å². The topological polar surface area (TPSA) is 44.8 Å². The summed E-state index contributed by atoms with van der Waals surface area (Å²) in [5.41, 5.74) is 2.99. The van der Waals surface area contributed by atoms with E-state index in [4.69, 9.17) is 14.2 Å². The van der Waals surface area contributed by atoms with Crippen LogP contribution in [-0.2, 0) is 0 Å². The van der Waals surface area contributed by atoms with Crippen LogP contribution in [0.15, 0.2) is 36.4 Å². The molecule has 0 bridgehead atoms. The average Bonchev–Trinajstić information content (AvgIpc) is 2.54. The number of carbonyl (C=O) groups is 1. The molecule has 0 saturated heterocycles. The molecule has 0 saturated carbocycles. The van der Waals surface area contributed by atoms with Crippen LogP contribution >= 0.6 is 0 Å². The average molecular weight is 300 g/mol. The van der Waals surface area contributed by atoms with Gasteiger partial charge in [-0.15, -0.1) is 0 Å². The van der Waals surface area contributed by atoms with Crippen LogP contribution in [0.5, 0.6) is 17.2 Å². The SMILES string of the molecule is COc1cc(C=O)ccc1OCCOc1ccc(C)c(C)c1. The molecule has 4 nitrogen and oxygen atoms in total. The Morgan fingerprint density at radius 3 is 2.36 bits per heavy atom. The zero-order valence-electron chi connectivity index (χ0n) is 13.1. The minimum absolute atomic E-state index is 0.393. The summed E-state index contributed by atoms with van der Waals surface area (Å²) in [5.74, 6) is 1.96. The fourth-order valence-electron chi connectivity index (χ4n) is 1.99. The second kappa shape index (κ2) is 7.50. The Labute approximate surface area is 130 Å². The van der Waals surface area contributed by atoms with E-state index in [1.165, 1.54) is 11.1 Å². The Balaban J connectivity index is 1.88. The van der Waals surface area contributed by atoms with Crippen LogP contribution in [0.4, 0.5) is 0 Å². The second-order valence-corrected chi connectivity index (χ2v) is 4.97. The molecule has 0 aromatic heterocycles. The lowest BCUT2D eigenvalue weighted by Gasteiger charge is -2.12. The van der Waals surface area contributed by atoms with E-state index in [-0.39, 0.29) is 0 Å². The predicted octanol–water partition coefficient (Wildman–Crippen LogP) is 3.58. The van der Waals surface area contributed by atoms with E-state index in [1.54, 1.807) is 25.3 Å². The first-order valence-corrected chi connectivity index (χ1v) is 7.10. The van der Waals surface area contributed by atoms with Crippen molar-refractivity contribution in [1.82, 2.24) is 0 Å². The minimum atomic E-state index is 0.393. The van der Waals surface area contributed by atoms with Gasteiger partial charge in [-0.3, -0.25) is 4.79 Å². The number of benzene rings is 2. The van der Waals surface area contributed by atoms with Gasteiger partial charge in [-0.25, -0.2) is 0 Å². The van der Waals surface area contributed by atoms with Crippen LogP contribution in [0.1, 0.15) is 21.5 Å². The molecular weight excluding hydrogens is 280 g/mol. The monoisotopic (exact) mass is 300 g/mol. The van der Waals surface area contributed by atoms with Crippen LogP contribution in [-0.4, -0.2) is 26.6 Å². The van der Waals surface area contributed by atoms with Crippen molar-refractivity contribution >= 4 is 6.29 Å². The first kappa shape index (κ1) is 15.9. The second-order valence-electron chi connectivity index (χ2n) is 4.97. The highest BCUT2D eigenvalue weighted by Gasteiger charge is 2.05. The summed E-state index contributed by atoms with van der Waals surface area (Å²) < 4.78 is 16.5. The number of aldehydes is 1. The molecule has 22 heavy (non-hydrogen) atoms. The van der Waals surface area contributed by atoms with Gasteiger partial charge >= 0.3 is 0 Å². The number of rotatable bonds is 7. The number of hydrogen-bond donors (Lipinski definition) is 0. The largest absolute Gasteiger partial charge is 0.493 e. The lowest BCUT2D eigenvalue weighted by molar-refractivity contribution is 0.112. The van der Waals surface area contributed by atoms with E-state index in [2.05, 4.69) is 13.8 Å². The molecule has 0 radical (unpaired) electrons. The Bertz CT molecular complexity index is 650. The summed E-state index contributed by atoms with van der Waals surface area (Å²) in [7, 11) is 1.54. The molecule has 0 unspecified atom stereocenters. The van der Waals surface area contributed by atoms with Gasteiger partial charge in [0, 0.05) is 5.56 Å². The third kappa shape index (κ3) is 4.01. The molecule has 2 rings (SSSR count). The molecule has 2 aromatic carbocycles. The summed E-state index contributed by atoms with van der Waals surface area (Å²) in [6.45, 7) is 4.94. The molecule has 0 aliphatic heterocycles. The van der Waals surface area contributed by atoms with Crippen LogP contribution in [0.25, 0.3) is 0 Å².